The van der Waals surface area contributed by atoms with Gasteiger partial charge in [-0.25, -0.2) is 13.4 Å². The van der Waals surface area contributed by atoms with Crippen LogP contribution in [0.1, 0.15) is 0 Å². The maximum Gasteiger partial charge on any atom is 0.422 e. The summed E-state index contributed by atoms with van der Waals surface area (Å²) in [6, 6.07) is 5.29. The lowest BCUT2D eigenvalue weighted by molar-refractivity contribution is -0.387. The Balaban J connectivity index is 2.23. The van der Waals surface area contributed by atoms with Gasteiger partial charge in [-0.3, -0.25) is 14.8 Å². The Morgan fingerprint density at radius 1 is 1.26 bits per heavy atom. The fraction of sp³-hybridized carbons (Fsp3) is 0.214. The monoisotopic (exact) mass is 407 g/mol. The molecule has 0 radical (unpaired) electrons. The van der Waals surface area contributed by atoms with Gasteiger partial charge in [0, 0.05) is 6.07 Å². The van der Waals surface area contributed by atoms with Gasteiger partial charge in [0.1, 0.15) is 5.75 Å². The Hall–Kier alpha value is -3.09. The second kappa shape index (κ2) is 7.65. The topological polar surface area (TPSA) is 121 Å². The zero-order valence-corrected chi connectivity index (χ0v) is 14.4. The lowest BCUT2D eigenvalue weighted by Crippen LogP contribution is -2.19. The Labute approximate surface area is 150 Å². The van der Waals surface area contributed by atoms with Gasteiger partial charge < -0.3 is 9.47 Å². The molecule has 1 aromatic heterocycles. The normalized spacial score (nSPS) is 11.7. The van der Waals surface area contributed by atoms with Gasteiger partial charge in [-0.2, -0.15) is 13.2 Å². The Morgan fingerprint density at radius 3 is 2.48 bits per heavy atom. The van der Waals surface area contributed by atoms with Crippen molar-refractivity contribution in [3.63, 3.8) is 0 Å². The second-order valence-corrected chi connectivity index (χ2v) is 6.64. The number of rotatable bonds is 7. The number of pyridine rings is 1. The summed E-state index contributed by atoms with van der Waals surface area (Å²) < 4.78 is 72.3. The van der Waals surface area contributed by atoms with Gasteiger partial charge in [-0.1, -0.05) is 0 Å². The average molecular weight is 407 g/mol. The summed E-state index contributed by atoms with van der Waals surface area (Å²) in [5, 5.41) is 11.1. The van der Waals surface area contributed by atoms with Crippen molar-refractivity contribution >= 4 is 21.4 Å². The van der Waals surface area contributed by atoms with Crippen molar-refractivity contribution in [1.82, 2.24) is 4.98 Å². The van der Waals surface area contributed by atoms with Gasteiger partial charge in [0.2, 0.25) is 5.88 Å². The number of halogens is 3. The van der Waals surface area contributed by atoms with E-state index in [9.17, 15) is 31.7 Å². The minimum absolute atomic E-state index is 0.0912. The highest BCUT2D eigenvalue weighted by atomic mass is 32.2. The first kappa shape index (κ1) is 20.2. The molecule has 0 bridgehead atoms. The summed E-state index contributed by atoms with van der Waals surface area (Å²) in [5.74, 6) is -0.279. The highest BCUT2D eigenvalue weighted by Gasteiger charge is 2.29. The molecule has 9 nitrogen and oxygen atoms in total. The van der Waals surface area contributed by atoms with Crippen LogP contribution >= 0.6 is 0 Å². The standard InChI is InChI=1S/C14H12F3N3O6S/c1-25-10-3-4-12(11(6-10)20(21)22)27(23,24)19-9-2-5-13(18-7-9)26-8-14(15,16)17/h2-7,19H,8H2,1H3. The zero-order valence-electron chi connectivity index (χ0n) is 13.6. The number of hydrogen-bond donors (Lipinski definition) is 1. The molecule has 0 aliphatic heterocycles. The summed E-state index contributed by atoms with van der Waals surface area (Å²) >= 11 is 0. The number of nitrogens with zero attached hydrogens (tertiary/aromatic N) is 2. The number of nitrogens with one attached hydrogen (secondary N) is 1. The summed E-state index contributed by atoms with van der Waals surface area (Å²) in [7, 11) is -3.11. The Bertz CT molecular complexity index is 932. The smallest absolute Gasteiger partial charge is 0.422 e. The second-order valence-electron chi connectivity index (χ2n) is 4.99. The first-order valence-electron chi connectivity index (χ1n) is 7.03. The zero-order chi connectivity index (χ0) is 20.2. The van der Waals surface area contributed by atoms with E-state index in [1.54, 1.807) is 0 Å². The average Bonchev–Trinajstić information content (AvgIpc) is 2.59. The lowest BCUT2D eigenvalue weighted by atomic mass is 10.3. The number of aromatic nitrogens is 1. The van der Waals surface area contributed by atoms with Crippen molar-refractivity contribution in [2.45, 2.75) is 11.1 Å². The van der Waals surface area contributed by atoms with Crippen molar-refractivity contribution in [1.29, 1.82) is 0 Å². The van der Waals surface area contributed by atoms with Crippen LogP contribution in [-0.2, 0) is 10.0 Å². The molecule has 1 N–H and O–H groups in total. The van der Waals surface area contributed by atoms with E-state index in [0.717, 1.165) is 30.5 Å². The first-order valence-corrected chi connectivity index (χ1v) is 8.51. The molecule has 0 saturated heterocycles. The fourth-order valence-electron chi connectivity index (χ4n) is 1.89. The summed E-state index contributed by atoms with van der Waals surface area (Å²) in [6.45, 7) is -1.55. The van der Waals surface area contributed by atoms with Crippen LogP contribution in [-0.4, -0.2) is 38.2 Å². The molecule has 13 heteroatoms. The van der Waals surface area contributed by atoms with Crippen LogP contribution in [0, 0.1) is 10.1 Å². The molecule has 146 valence electrons. The first-order chi connectivity index (χ1) is 12.5. The largest absolute Gasteiger partial charge is 0.497 e. The van der Waals surface area contributed by atoms with E-state index in [2.05, 4.69) is 14.4 Å². The number of hydrogen-bond acceptors (Lipinski definition) is 7. The van der Waals surface area contributed by atoms with E-state index < -0.39 is 38.3 Å². The third-order valence-corrected chi connectivity index (χ3v) is 4.45. The lowest BCUT2D eigenvalue weighted by Gasteiger charge is -2.11. The van der Waals surface area contributed by atoms with Crippen LogP contribution in [0.25, 0.3) is 0 Å². The number of methoxy groups -OCH3 is 1. The third-order valence-electron chi connectivity index (χ3n) is 3.02. The van der Waals surface area contributed by atoms with Gasteiger partial charge in [-0.15, -0.1) is 0 Å². The number of alkyl halides is 3. The van der Waals surface area contributed by atoms with Gasteiger partial charge >= 0.3 is 6.18 Å². The number of sulfonamides is 1. The van der Waals surface area contributed by atoms with Crippen molar-refractivity contribution in [3.8, 4) is 11.6 Å². The van der Waals surface area contributed by atoms with Crippen LogP contribution in [0.4, 0.5) is 24.5 Å². The van der Waals surface area contributed by atoms with E-state index >= 15 is 0 Å². The van der Waals surface area contributed by atoms with Crippen molar-refractivity contribution in [2.75, 3.05) is 18.4 Å². The quantitative estimate of drug-likeness (QED) is 0.553. The van der Waals surface area contributed by atoms with E-state index in [0.29, 0.717) is 0 Å². The molecule has 27 heavy (non-hydrogen) atoms. The highest BCUT2D eigenvalue weighted by Crippen LogP contribution is 2.29. The molecule has 2 aromatic rings. The van der Waals surface area contributed by atoms with Gasteiger partial charge in [0.05, 0.1) is 30.0 Å². The minimum atomic E-state index is -4.55. The molecule has 0 saturated carbocycles. The minimum Gasteiger partial charge on any atom is -0.497 e. The molecule has 0 spiro atoms. The third kappa shape index (κ3) is 5.44. The van der Waals surface area contributed by atoms with E-state index in [-0.39, 0.29) is 17.3 Å². The molecular weight excluding hydrogens is 395 g/mol. The van der Waals surface area contributed by atoms with Crippen LogP contribution in [0.3, 0.4) is 0 Å². The molecule has 2 rings (SSSR count). The Kier molecular flexibility index (Phi) is 5.73. The number of anilines is 1. The summed E-state index contributed by atoms with van der Waals surface area (Å²) in [6.07, 6.45) is -3.63. The molecule has 0 aliphatic rings. The summed E-state index contributed by atoms with van der Waals surface area (Å²) in [5.41, 5.74) is -0.834. The number of benzene rings is 1. The van der Waals surface area contributed by atoms with Crippen molar-refractivity contribution < 1.29 is 36.0 Å². The number of nitro groups is 1. The van der Waals surface area contributed by atoms with Crippen LogP contribution in [0.2, 0.25) is 0 Å². The van der Waals surface area contributed by atoms with Crippen molar-refractivity contribution in [2.24, 2.45) is 0 Å². The van der Waals surface area contributed by atoms with E-state index in [4.69, 9.17) is 4.74 Å². The predicted molar refractivity (Wildman–Crippen MR) is 86.2 cm³/mol. The van der Waals surface area contributed by atoms with Crippen LogP contribution in [0.15, 0.2) is 41.4 Å². The van der Waals surface area contributed by atoms with Crippen molar-refractivity contribution in [3.05, 3.63) is 46.6 Å². The fourth-order valence-corrected chi connectivity index (χ4v) is 3.08. The Morgan fingerprint density at radius 2 is 1.96 bits per heavy atom. The van der Waals surface area contributed by atoms with Crippen LogP contribution < -0.4 is 14.2 Å². The number of ether oxygens (including phenoxy) is 2. The molecule has 1 aromatic carbocycles. The van der Waals surface area contributed by atoms with Crippen LogP contribution in [0.5, 0.6) is 11.6 Å². The molecule has 0 fully saturated rings. The predicted octanol–water partition coefficient (Wildman–Crippen LogP) is 2.74. The van der Waals surface area contributed by atoms with E-state index in [1.165, 1.54) is 13.2 Å². The molecular formula is C14H12F3N3O6S. The number of nitro benzene ring substituents is 1. The van der Waals surface area contributed by atoms with Gasteiger partial charge in [0.15, 0.2) is 11.5 Å². The molecule has 1 heterocycles. The molecule has 0 unspecified atom stereocenters. The molecule has 0 atom stereocenters. The maximum absolute atomic E-state index is 12.4. The summed E-state index contributed by atoms with van der Waals surface area (Å²) in [4.78, 5) is 13.2. The SMILES string of the molecule is COc1ccc(S(=O)(=O)Nc2ccc(OCC(F)(F)F)nc2)c([N+](=O)[O-])c1. The van der Waals surface area contributed by atoms with Gasteiger partial charge in [-0.05, 0) is 18.2 Å². The maximum atomic E-state index is 12.4. The van der Waals surface area contributed by atoms with E-state index in [1.807, 2.05) is 0 Å². The molecule has 0 aliphatic carbocycles. The molecule has 0 amide bonds. The van der Waals surface area contributed by atoms with Gasteiger partial charge in [0.25, 0.3) is 15.7 Å². The highest BCUT2D eigenvalue weighted by molar-refractivity contribution is 7.92.